The van der Waals surface area contributed by atoms with Crippen LogP contribution in [0.25, 0.3) is 0 Å². The highest BCUT2D eigenvalue weighted by molar-refractivity contribution is 7.99. The highest BCUT2D eigenvalue weighted by Gasteiger charge is 2.24. The number of benzene rings is 1. The van der Waals surface area contributed by atoms with Gasteiger partial charge < -0.3 is 15.4 Å². The van der Waals surface area contributed by atoms with Crippen molar-refractivity contribution < 1.29 is 4.74 Å². The van der Waals surface area contributed by atoms with E-state index in [1.54, 1.807) is 0 Å². The molecule has 1 saturated carbocycles. The lowest BCUT2D eigenvalue weighted by atomic mass is 10.2. The Morgan fingerprint density at radius 1 is 1.33 bits per heavy atom. The lowest BCUT2D eigenvalue weighted by Gasteiger charge is -2.19. The van der Waals surface area contributed by atoms with Crippen LogP contribution in [0.4, 0.5) is 0 Å². The van der Waals surface area contributed by atoms with E-state index in [1.165, 1.54) is 24.8 Å². The number of aliphatic imine (C=N–C) groups is 1. The molecule has 0 heterocycles. The van der Waals surface area contributed by atoms with Gasteiger partial charge in [0.15, 0.2) is 5.96 Å². The second-order valence-corrected chi connectivity index (χ2v) is 7.71. The summed E-state index contributed by atoms with van der Waals surface area (Å²) >= 11 is 1.98. The molecule has 0 bridgehead atoms. The van der Waals surface area contributed by atoms with Crippen LogP contribution >= 0.6 is 11.8 Å². The predicted octanol–water partition coefficient (Wildman–Crippen LogP) is 3.29. The average molecular weight is 350 g/mol. The number of hydrogen-bond donors (Lipinski definition) is 2. The molecule has 2 N–H and O–H groups in total. The molecule has 0 spiro atoms. The second kappa shape index (κ2) is 10.6. The molecule has 0 amide bonds. The molecule has 3 atom stereocenters. The van der Waals surface area contributed by atoms with E-state index >= 15 is 0 Å². The van der Waals surface area contributed by atoms with Gasteiger partial charge in [0.05, 0.1) is 13.2 Å². The van der Waals surface area contributed by atoms with Crippen molar-refractivity contribution in [3.63, 3.8) is 0 Å². The largest absolute Gasteiger partial charge is 0.376 e. The molecule has 1 aliphatic rings. The van der Waals surface area contributed by atoms with Crippen LogP contribution in [-0.2, 0) is 11.3 Å². The number of nitrogens with one attached hydrogen (secondary N) is 2. The molecule has 2 rings (SSSR count). The molecule has 1 aromatic rings. The number of nitrogens with zero attached hydrogens (tertiary/aromatic N) is 1. The summed E-state index contributed by atoms with van der Waals surface area (Å²) in [6.45, 7) is 4.49. The maximum absolute atomic E-state index is 5.81. The lowest BCUT2D eigenvalue weighted by molar-refractivity contribution is 0.0931. The minimum atomic E-state index is 0.440. The van der Waals surface area contributed by atoms with Gasteiger partial charge in [-0.05, 0) is 37.0 Å². The maximum atomic E-state index is 5.81. The Kier molecular flexibility index (Phi) is 8.47. The monoisotopic (exact) mass is 349 g/mol. The highest BCUT2D eigenvalue weighted by Crippen LogP contribution is 2.27. The Hall–Kier alpha value is -1.20. The summed E-state index contributed by atoms with van der Waals surface area (Å²) in [5.74, 6) is 1.35. The zero-order valence-electron chi connectivity index (χ0n) is 15.1. The molecule has 4 nitrogen and oxygen atoms in total. The topological polar surface area (TPSA) is 45.7 Å². The predicted molar refractivity (Wildman–Crippen MR) is 105 cm³/mol. The Labute approximate surface area is 150 Å². The Morgan fingerprint density at radius 2 is 2.12 bits per heavy atom. The zero-order valence-corrected chi connectivity index (χ0v) is 15.9. The van der Waals surface area contributed by atoms with Gasteiger partial charge in [0, 0.05) is 24.9 Å². The first-order valence-corrected chi connectivity index (χ1v) is 10.1. The number of ether oxygens (including phenoxy) is 1. The summed E-state index contributed by atoms with van der Waals surface area (Å²) in [4.78, 5) is 4.35. The molecule has 24 heavy (non-hydrogen) atoms. The molecule has 1 aliphatic carbocycles. The molecule has 134 valence electrons. The first-order chi connectivity index (χ1) is 11.7. The quantitative estimate of drug-likeness (QED) is 0.558. The van der Waals surface area contributed by atoms with Gasteiger partial charge in [0.25, 0.3) is 0 Å². The van der Waals surface area contributed by atoms with Crippen molar-refractivity contribution in [1.29, 1.82) is 0 Å². The Balaban J connectivity index is 1.61. The van der Waals surface area contributed by atoms with Gasteiger partial charge >= 0.3 is 0 Å². The number of guanidine groups is 1. The van der Waals surface area contributed by atoms with Gasteiger partial charge in [-0.2, -0.15) is 11.8 Å². The van der Waals surface area contributed by atoms with Crippen LogP contribution in [0.5, 0.6) is 0 Å². The fourth-order valence-electron chi connectivity index (χ4n) is 2.96. The van der Waals surface area contributed by atoms with Crippen molar-refractivity contribution in [1.82, 2.24) is 10.6 Å². The van der Waals surface area contributed by atoms with Gasteiger partial charge in [-0.1, -0.05) is 37.3 Å². The van der Waals surface area contributed by atoms with E-state index in [0.29, 0.717) is 18.6 Å². The van der Waals surface area contributed by atoms with Crippen molar-refractivity contribution in [3.8, 4) is 0 Å². The molecule has 5 heteroatoms. The summed E-state index contributed by atoms with van der Waals surface area (Å²) < 4.78 is 5.81. The summed E-state index contributed by atoms with van der Waals surface area (Å²) in [6, 6.07) is 10.9. The van der Waals surface area contributed by atoms with Crippen LogP contribution in [-0.4, -0.2) is 43.7 Å². The minimum absolute atomic E-state index is 0.440. The Bertz CT molecular complexity index is 495. The fourth-order valence-corrected chi connectivity index (χ4v) is 3.75. The molecular formula is C19H31N3OS. The molecule has 1 aromatic carbocycles. The van der Waals surface area contributed by atoms with Gasteiger partial charge in [0.2, 0.25) is 0 Å². The summed E-state index contributed by atoms with van der Waals surface area (Å²) in [5, 5.41) is 7.78. The number of thioether (sulfide) groups is 1. The highest BCUT2D eigenvalue weighted by atomic mass is 32.2. The summed E-state index contributed by atoms with van der Waals surface area (Å²) in [6.07, 6.45) is 5.98. The molecule has 0 saturated heterocycles. The lowest BCUT2D eigenvalue weighted by Crippen LogP contribution is -2.44. The van der Waals surface area contributed by atoms with Crippen molar-refractivity contribution in [2.45, 2.75) is 44.1 Å². The van der Waals surface area contributed by atoms with Crippen molar-refractivity contribution in [2.75, 3.05) is 26.5 Å². The minimum Gasteiger partial charge on any atom is -0.376 e. The van der Waals surface area contributed by atoms with Crippen molar-refractivity contribution in [3.05, 3.63) is 35.9 Å². The van der Waals surface area contributed by atoms with Crippen LogP contribution in [0.2, 0.25) is 0 Å². The van der Waals surface area contributed by atoms with Crippen LogP contribution in [0.1, 0.15) is 31.7 Å². The van der Waals surface area contributed by atoms with Crippen LogP contribution in [0.3, 0.4) is 0 Å². The molecule has 0 aliphatic heterocycles. The van der Waals surface area contributed by atoms with Gasteiger partial charge in [-0.15, -0.1) is 0 Å². The third-order valence-electron chi connectivity index (χ3n) is 4.41. The van der Waals surface area contributed by atoms with Gasteiger partial charge in [-0.25, -0.2) is 0 Å². The van der Waals surface area contributed by atoms with E-state index in [2.05, 4.69) is 40.9 Å². The van der Waals surface area contributed by atoms with Crippen LogP contribution in [0, 0.1) is 5.92 Å². The third-order valence-corrected chi connectivity index (χ3v) is 5.51. The van der Waals surface area contributed by atoms with Gasteiger partial charge in [0.1, 0.15) is 0 Å². The summed E-state index contributed by atoms with van der Waals surface area (Å²) in [7, 11) is 1.84. The van der Waals surface area contributed by atoms with Crippen molar-refractivity contribution in [2.24, 2.45) is 10.9 Å². The average Bonchev–Trinajstić information content (AvgIpc) is 3.07. The van der Waals surface area contributed by atoms with E-state index in [-0.39, 0.29) is 0 Å². The van der Waals surface area contributed by atoms with Gasteiger partial charge in [-0.3, -0.25) is 4.99 Å². The number of rotatable bonds is 8. The standard InChI is InChI=1S/C19H31N3OS/c1-15(13-23-14-16-7-5-4-6-8-16)12-21-19(20-2)22-17-9-10-18(11-17)24-3/h4-8,15,17-18H,9-14H2,1-3H3,(H2,20,21,22). The third kappa shape index (κ3) is 6.73. The van der Waals surface area contributed by atoms with E-state index in [1.807, 2.05) is 37.0 Å². The SMILES string of the molecule is CN=C(NCC(C)COCc1ccccc1)NC1CCC(SC)C1. The number of hydrogen-bond acceptors (Lipinski definition) is 3. The van der Waals surface area contributed by atoms with E-state index in [0.717, 1.165) is 24.4 Å². The second-order valence-electron chi connectivity index (χ2n) is 6.57. The van der Waals surface area contributed by atoms with Crippen LogP contribution in [0.15, 0.2) is 35.3 Å². The molecular weight excluding hydrogens is 318 g/mol. The van der Waals surface area contributed by atoms with Crippen molar-refractivity contribution >= 4 is 17.7 Å². The van der Waals surface area contributed by atoms with E-state index < -0.39 is 0 Å². The molecule has 1 fully saturated rings. The Morgan fingerprint density at radius 3 is 2.79 bits per heavy atom. The molecule has 0 radical (unpaired) electrons. The maximum Gasteiger partial charge on any atom is 0.191 e. The van der Waals surface area contributed by atoms with Crippen LogP contribution < -0.4 is 10.6 Å². The zero-order chi connectivity index (χ0) is 17.2. The first-order valence-electron chi connectivity index (χ1n) is 8.83. The van der Waals surface area contributed by atoms with E-state index in [4.69, 9.17) is 4.74 Å². The fraction of sp³-hybridized carbons (Fsp3) is 0.632. The molecule has 0 aromatic heterocycles. The normalized spacial score (nSPS) is 22.4. The van der Waals surface area contributed by atoms with E-state index in [9.17, 15) is 0 Å². The molecule has 3 unspecified atom stereocenters. The first kappa shape index (κ1) is 19.1. The smallest absolute Gasteiger partial charge is 0.191 e. The summed E-state index contributed by atoms with van der Waals surface area (Å²) in [5.41, 5.74) is 1.22.